The predicted molar refractivity (Wildman–Crippen MR) is 440 cm³/mol. The smallest absolute Gasteiger partial charge is 0.302 e. The molecule has 4 aliphatic heterocycles. The summed E-state index contributed by atoms with van der Waals surface area (Å²) in [5.41, 5.74) is 19.2. The summed E-state index contributed by atoms with van der Waals surface area (Å²) in [6.07, 6.45) is -1.90. The maximum Gasteiger partial charge on any atom is 0.302 e. The topological polar surface area (TPSA) is 442 Å². The average Bonchev–Trinajstić information content (AvgIpc) is 1.35. The van der Waals surface area contributed by atoms with E-state index in [2.05, 4.69) is 51.3 Å². The molecule has 14 rings (SSSR count). The molecule has 0 bridgehead atoms. The first kappa shape index (κ1) is 99.3. The number of carbonyl (C=O) groups is 3. The standard InChI is InChI=1S/C25H28FN3O5S.C21H22FN3O6S.C18H21FN6O3.C18H23FN4O3.CH3.ClH.Pd/c1-16-23(14-33-18(3)30)34-24(15-35(31,32)21-10-5-4-6-11-21)17(2)25(16)29-13-22(27-28-29)19-8-7-9-20(26)12-19;22-14-6-4-5-13(9-14)16-10-25(24-23-16)19-20(27)17(11-26)31-18(21(19)28)12-32(29,30)15-7-2-1-3-8-15;1-10-16(9-27-12(3)26)28-18(22-23-20)11(2)17(10)25-8-15(21-24-25)13-5-4-6-14(19)7-13;1-10-16(9-25-12(3)24)26-18(20)11(2)17(10)23-8-15(21-22-23)13-5-4-6-14(19)7-13;;;/h4-13,16-17,23-25H,14-15H2,1-3H3;1-10,17-21,26-28H,11-12H2;4-8,10-11,16-18H,9H2,1-3H3;4-8,10-11,16-18H,9,20H2,1-3H3;1H3;1H;/q;;;;-1;;/t16-,17?,23?,24-,25-;17?,18-,19-,20-,21?;10-,11?,16?,17-,18+;10-,11?,16?,17-,18?;;;/m0000.../s1. The largest absolute Gasteiger partial charge is 0.463 e. The molecule has 4 aromatic heterocycles. The number of rotatable bonds is 22. The number of ether oxygens (including phenoxy) is 7. The molecule has 0 aliphatic carbocycles. The van der Waals surface area contributed by atoms with Crippen molar-refractivity contribution < 1.29 is 118 Å². The Labute approximate surface area is 733 Å². The van der Waals surface area contributed by atoms with Crippen molar-refractivity contribution >= 4 is 50.0 Å². The van der Waals surface area contributed by atoms with Gasteiger partial charge in [-0.2, -0.15) is 0 Å². The fourth-order valence-electron chi connectivity index (χ4n) is 15.3. The van der Waals surface area contributed by atoms with Crippen LogP contribution in [0.25, 0.3) is 55.5 Å². The van der Waals surface area contributed by atoms with Crippen LogP contribution in [-0.2, 0) is 87.6 Å². The number of azide groups is 1. The van der Waals surface area contributed by atoms with Crippen LogP contribution < -0.4 is 5.73 Å². The van der Waals surface area contributed by atoms with Crippen LogP contribution in [0, 0.1) is 66.2 Å². The molecule has 0 amide bonds. The Morgan fingerprint density at radius 3 is 1.10 bits per heavy atom. The summed E-state index contributed by atoms with van der Waals surface area (Å²) < 4.78 is 151. The zero-order valence-corrected chi connectivity index (χ0v) is 73.0. The van der Waals surface area contributed by atoms with E-state index in [0.29, 0.717) is 45.0 Å². The number of aromatic nitrogens is 12. The molecule has 33 nitrogen and oxygen atoms in total. The number of benzene rings is 6. The normalized spacial score (nSPS) is 25.9. The minimum absolute atomic E-state index is 0. The van der Waals surface area contributed by atoms with Gasteiger partial charge >= 0.3 is 17.9 Å². The Morgan fingerprint density at radius 1 is 0.452 bits per heavy atom. The third-order valence-electron chi connectivity index (χ3n) is 21.8. The maximum absolute atomic E-state index is 13.7. The van der Waals surface area contributed by atoms with E-state index in [9.17, 15) is 64.1 Å². The van der Waals surface area contributed by atoms with E-state index >= 15 is 0 Å². The number of carbonyl (C=O) groups excluding carboxylic acids is 3. The molecule has 41 heteroatoms. The van der Waals surface area contributed by atoms with Gasteiger partial charge in [0.1, 0.15) is 109 Å². The average molecular weight is 1870 g/mol. The van der Waals surface area contributed by atoms with E-state index in [1.54, 1.807) is 124 Å². The van der Waals surface area contributed by atoms with Crippen LogP contribution in [0.5, 0.6) is 0 Å². The third-order valence-corrected chi connectivity index (χ3v) is 25.3. The van der Waals surface area contributed by atoms with Crippen molar-refractivity contribution in [3.05, 3.63) is 224 Å². The Balaban J connectivity index is 0.000000205. The van der Waals surface area contributed by atoms with Gasteiger partial charge in [0.2, 0.25) is 0 Å². The van der Waals surface area contributed by atoms with Crippen LogP contribution in [0.2, 0.25) is 0 Å². The molecule has 4 fully saturated rings. The Hall–Kier alpha value is -10.1. The number of halogens is 5. The molecule has 9 unspecified atom stereocenters. The van der Waals surface area contributed by atoms with Crippen molar-refractivity contribution in [2.45, 2.75) is 158 Å². The number of nitrogens with two attached hydrogens (primary N) is 1. The maximum atomic E-state index is 13.7. The van der Waals surface area contributed by atoms with Crippen LogP contribution >= 0.6 is 12.4 Å². The van der Waals surface area contributed by atoms with Gasteiger partial charge in [-0.05, 0) is 78.3 Å². The third kappa shape index (κ3) is 24.7. The zero-order valence-electron chi connectivity index (χ0n) is 69.0. The number of aliphatic hydroxyl groups is 3. The molecule has 0 spiro atoms. The van der Waals surface area contributed by atoms with Crippen LogP contribution in [0.4, 0.5) is 17.6 Å². The molecular weight excluding hydrogens is 1780 g/mol. The van der Waals surface area contributed by atoms with Crippen molar-refractivity contribution in [3.63, 3.8) is 0 Å². The number of hydrogen-bond acceptors (Lipinski definition) is 27. The first-order valence-corrected chi connectivity index (χ1v) is 42.1. The van der Waals surface area contributed by atoms with Gasteiger partial charge in [0, 0.05) is 104 Å². The number of nitrogens with zero attached hydrogens (tertiary/aromatic N) is 15. The van der Waals surface area contributed by atoms with Gasteiger partial charge in [-0.25, -0.2) is 53.1 Å². The van der Waals surface area contributed by atoms with Gasteiger partial charge in [0.05, 0.1) is 95.2 Å². The minimum Gasteiger partial charge on any atom is -0.463 e. The molecule has 4 saturated heterocycles. The summed E-state index contributed by atoms with van der Waals surface area (Å²) in [6, 6.07) is 38.3. The molecule has 0 saturated carbocycles. The molecule has 20 atom stereocenters. The Bertz CT molecular complexity index is 5460. The molecule has 0 radical (unpaired) electrons. The van der Waals surface area contributed by atoms with Crippen LogP contribution in [-0.4, -0.2) is 209 Å². The van der Waals surface area contributed by atoms with Crippen LogP contribution in [0.15, 0.2) is 197 Å². The summed E-state index contributed by atoms with van der Waals surface area (Å²) in [4.78, 5) is 36.9. The molecule has 8 heterocycles. The van der Waals surface area contributed by atoms with Gasteiger partial charge in [0.25, 0.3) is 0 Å². The SMILES string of the molecule is CC(=O)OCC1OC(N)C(C)[C@@H](n2cc(-c3cccc(F)c3)nn2)[C@H]1C.CC(=O)OCC1O[C@@H](CS(=O)(=O)c2ccccc2)C(C)[C@@H](n2cc(-c3cccc(F)c3)nn2)[C@H]1C.CC(=O)OCC1O[C@@H](N=[N+]=[N-])C(C)[C@@H](n2cc(-c3cccc(F)c3)nn2)[C@H]1C.Cl.O=S(=O)(C[C@@H]1OC(CO)[C@H](O)[C@H](n2cc(-c3cccc(F)c3)nn2)C1O)c1ccccc1.[CH3-].[Pd]. The van der Waals surface area contributed by atoms with E-state index in [1.807, 2.05) is 41.5 Å². The van der Waals surface area contributed by atoms with E-state index in [0.717, 1.165) is 0 Å². The van der Waals surface area contributed by atoms with Crippen LogP contribution in [0.1, 0.15) is 86.5 Å². The fourth-order valence-corrected chi connectivity index (χ4v) is 18.4. The van der Waals surface area contributed by atoms with Gasteiger partial charge in [-0.3, -0.25) is 14.4 Å². The number of esters is 3. The monoisotopic (exact) mass is 1870 g/mol. The van der Waals surface area contributed by atoms with Gasteiger partial charge < -0.3 is 61.6 Å². The second-order valence-corrected chi connectivity index (χ2v) is 34.2. The van der Waals surface area contributed by atoms with Gasteiger partial charge in [-0.15, -0.1) is 32.8 Å². The molecule has 10 aromatic rings. The van der Waals surface area contributed by atoms with E-state index in [4.69, 9.17) is 44.4 Å². The van der Waals surface area contributed by atoms with Crippen molar-refractivity contribution in [1.82, 2.24) is 60.0 Å². The number of aliphatic hydroxyl groups excluding tert-OH is 3. The molecule has 4 aliphatic rings. The fraction of sp³-hybridized carbons (Fsp3) is 0.422. The molecular formula is C83H98ClF4N16O17PdS2-. The summed E-state index contributed by atoms with van der Waals surface area (Å²) in [5, 5.41) is 68.2. The first-order chi connectivity index (χ1) is 57.7. The van der Waals surface area contributed by atoms with Crippen LogP contribution in [0.3, 0.4) is 0 Å². The molecule has 5 N–H and O–H groups in total. The van der Waals surface area contributed by atoms with E-state index in [1.165, 1.54) is 98.4 Å². The second-order valence-electron chi connectivity index (χ2n) is 30.1. The summed E-state index contributed by atoms with van der Waals surface area (Å²) >= 11 is 0. The van der Waals surface area contributed by atoms with Gasteiger partial charge in [0.15, 0.2) is 19.7 Å². The first-order valence-electron chi connectivity index (χ1n) is 38.8. The Kier molecular flexibility index (Phi) is 35.7. The summed E-state index contributed by atoms with van der Waals surface area (Å²) in [7, 11) is -7.46. The minimum atomic E-state index is -3.83. The summed E-state index contributed by atoms with van der Waals surface area (Å²) in [6.45, 7) is 15.3. The van der Waals surface area contributed by atoms with Crippen molar-refractivity contribution in [2.75, 3.05) is 37.9 Å². The predicted octanol–water partition coefficient (Wildman–Crippen LogP) is 10.8. The van der Waals surface area contributed by atoms with Crippen molar-refractivity contribution in [3.8, 4) is 45.0 Å². The number of sulfone groups is 2. The number of hydrogen-bond donors (Lipinski definition) is 4. The zero-order chi connectivity index (χ0) is 87.1. The van der Waals surface area contributed by atoms with Crippen molar-refractivity contribution in [1.29, 1.82) is 0 Å². The summed E-state index contributed by atoms with van der Waals surface area (Å²) in [5.74, 6) is -4.34. The van der Waals surface area contributed by atoms with E-state index < -0.39 is 111 Å². The molecule has 670 valence electrons. The second kappa shape index (κ2) is 44.6. The van der Waals surface area contributed by atoms with Gasteiger partial charge in [-0.1, -0.05) is 152 Å². The quantitative estimate of drug-likeness (QED) is 0.00715. The molecule has 6 aromatic carbocycles. The van der Waals surface area contributed by atoms with E-state index in [-0.39, 0.29) is 159 Å². The van der Waals surface area contributed by atoms with Crippen molar-refractivity contribution in [2.24, 2.45) is 46.4 Å². The Morgan fingerprint density at radius 2 is 0.758 bits per heavy atom. The molecule has 124 heavy (non-hydrogen) atoms.